The molecule has 0 amide bonds. The number of rotatable bonds is 4. The maximum atomic E-state index is 5.68. The van der Waals surface area contributed by atoms with Gasteiger partial charge in [0.1, 0.15) is 5.75 Å². The van der Waals surface area contributed by atoms with Crippen molar-refractivity contribution < 1.29 is 4.74 Å². The highest BCUT2D eigenvalue weighted by molar-refractivity contribution is 5.31. The lowest BCUT2D eigenvalue weighted by molar-refractivity contribution is 0.479. The van der Waals surface area contributed by atoms with E-state index in [1.54, 1.807) is 10.9 Å². The van der Waals surface area contributed by atoms with Gasteiger partial charge in [0.25, 0.3) is 0 Å². The second-order valence-corrected chi connectivity index (χ2v) is 3.65. The smallest absolute Gasteiger partial charge is 0.165 e. The van der Waals surface area contributed by atoms with Gasteiger partial charge in [-0.25, -0.2) is 0 Å². The van der Waals surface area contributed by atoms with Crippen LogP contribution in [0.2, 0.25) is 0 Å². The van der Waals surface area contributed by atoms with Crippen LogP contribution < -0.4 is 10.1 Å². The molecule has 0 bridgehead atoms. The number of hydrogen-bond acceptors (Lipinski definition) is 3. The van der Waals surface area contributed by atoms with E-state index in [2.05, 4.69) is 10.4 Å². The molecule has 2 rings (SSSR count). The van der Waals surface area contributed by atoms with Gasteiger partial charge in [-0.1, -0.05) is 12.1 Å². The molecule has 1 heterocycles. The van der Waals surface area contributed by atoms with Crippen LogP contribution in [0.5, 0.6) is 11.5 Å². The molecule has 1 aromatic heterocycles. The van der Waals surface area contributed by atoms with Crippen LogP contribution >= 0.6 is 0 Å². The second-order valence-electron chi connectivity index (χ2n) is 3.65. The van der Waals surface area contributed by atoms with Crippen molar-refractivity contribution in [2.75, 3.05) is 7.05 Å². The molecular formula is C12H15N3O. The van der Waals surface area contributed by atoms with Crippen molar-refractivity contribution in [3.8, 4) is 11.5 Å². The van der Waals surface area contributed by atoms with Gasteiger partial charge < -0.3 is 10.1 Å². The van der Waals surface area contributed by atoms with Crippen LogP contribution in [0, 0.1) is 6.92 Å². The Morgan fingerprint density at radius 2 is 2.25 bits per heavy atom. The maximum absolute atomic E-state index is 5.68. The Morgan fingerprint density at radius 1 is 1.38 bits per heavy atom. The van der Waals surface area contributed by atoms with Gasteiger partial charge in [-0.3, -0.25) is 4.68 Å². The summed E-state index contributed by atoms with van der Waals surface area (Å²) in [5.41, 5.74) is 1.18. The van der Waals surface area contributed by atoms with Gasteiger partial charge in [0.15, 0.2) is 5.75 Å². The Balaban J connectivity index is 2.08. The first-order valence-electron chi connectivity index (χ1n) is 5.19. The molecule has 4 heteroatoms. The summed E-state index contributed by atoms with van der Waals surface area (Å²) >= 11 is 0. The number of aromatic nitrogens is 2. The molecule has 84 valence electrons. The first-order chi connectivity index (χ1) is 7.78. The quantitative estimate of drug-likeness (QED) is 0.853. The monoisotopic (exact) mass is 217 g/mol. The zero-order valence-corrected chi connectivity index (χ0v) is 9.47. The van der Waals surface area contributed by atoms with Gasteiger partial charge in [-0.05, 0) is 31.7 Å². The van der Waals surface area contributed by atoms with Crippen molar-refractivity contribution in [1.82, 2.24) is 15.1 Å². The Labute approximate surface area is 94.9 Å². The fraction of sp³-hybridized carbons (Fsp3) is 0.250. The third kappa shape index (κ3) is 2.61. The molecule has 0 aliphatic rings. The minimum absolute atomic E-state index is 0.678. The normalized spacial score (nSPS) is 10.4. The molecule has 0 aliphatic carbocycles. The first-order valence-corrected chi connectivity index (χ1v) is 5.19. The molecule has 4 nitrogen and oxygen atoms in total. The second kappa shape index (κ2) is 4.81. The molecule has 0 radical (unpaired) electrons. The maximum Gasteiger partial charge on any atom is 0.165 e. The number of nitrogens with zero attached hydrogens (tertiary/aromatic N) is 2. The summed E-state index contributed by atoms with van der Waals surface area (Å²) in [6.45, 7) is 2.72. The number of nitrogens with one attached hydrogen (secondary N) is 1. The fourth-order valence-electron chi connectivity index (χ4n) is 1.46. The standard InChI is InChI=1S/C12H15N3O/c1-10-4-3-5-11(6-10)16-12-7-14-15(8-12)9-13-2/h3-8,13H,9H2,1-2H3. The Bertz CT molecular complexity index is 465. The molecule has 16 heavy (non-hydrogen) atoms. The Morgan fingerprint density at radius 3 is 3.00 bits per heavy atom. The van der Waals surface area contributed by atoms with E-state index in [4.69, 9.17) is 4.74 Å². The Hall–Kier alpha value is -1.81. The van der Waals surface area contributed by atoms with E-state index in [-0.39, 0.29) is 0 Å². The van der Waals surface area contributed by atoms with E-state index in [0.717, 1.165) is 11.5 Å². The summed E-state index contributed by atoms with van der Waals surface area (Å²) < 4.78 is 7.46. The van der Waals surface area contributed by atoms with Crippen LogP contribution in [0.4, 0.5) is 0 Å². The van der Waals surface area contributed by atoms with E-state index < -0.39 is 0 Å². The average Bonchev–Trinajstić information content (AvgIpc) is 2.66. The molecule has 1 aromatic carbocycles. The SMILES string of the molecule is CNCn1cc(Oc2cccc(C)c2)cn1. The van der Waals surface area contributed by atoms with E-state index in [0.29, 0.717) is 6.67 Å². The summed E-state index contributed by atoms with van der Waals surface area (Å²) in [5.74, 6) is 1.59. The van der Waals surface area contributed by atoms with Gasteiger partial charge in [0.05, 0.1) is 19.1 Å². The van der Waals surface area contributed by atoms with Crippen LogP contribution in [0.1, 0.15) is 5.56 Å². The lowest BCUT2D eigenvalue weighted by Crippen LogP contribution is -2.12. The average molecular weight is 217 g/mol. The zero-order valence-electron chi connectivity index (χ0n) is 9.47. The number of hydrogen-bond donors (Lipinski definition) is 1. The van der Waals surface area contributed by atoms with Gasteiger partial charge in [-0.15, -0.1) is 0 Å². The summed E-state index contributed by atoms with van der Waals surface area (Å²) in [6.07, 6.45) is 3.57. The molecule has 2 aromatic rings. The minimum Gasteiger partial charge on any atom is -0.454 e. The van der Waals surface area contributed by atoms with Crippen LogP contribution in [0.15, 0.2) is 36.7 Å². The third-order valence-corrected chi connectivity index (χ3v) is 2.15. The highest BCUT2D eigenvalue weighted by Gasteiger charge is 2.00. The topological polar surface area (TPSA) is 39.1 Å². The molecule has 0 aliphatic heterocycles. The number of aryl methyl sites for hydroxylation is 1. The van der Waals surface area contributed by atoms with Crippen LogP contribution in [-0.4, -0.2) is 16.8 Å². The van der Waals surface area contributed by atoms with E-state index in [1.165, 1.54) is 5.56 Å². The molecular weight excluding hydrogens is 202 g/mol. The predicted octanol–water partition coefficient (Wildman–Crippen LogP) is 2.16. The van der Waals surface area contributed by atoms with Gasteiger partial charge in [0.2, 0.25) is 0 Å². The molecule has 0 saturated carbocycles. The Kier molecular flexibility index (Phi) is 3.22. The van der Waals surface area contributed by atoms with Gasteiger partial charge >= 0.3 is 0 Å². The summed E-state index contributed by atoms with van der Waals surface area (Å²) in [6, 6.07) is 7.94. The van der Waals surface area contributed by atoms with Crippen molar-refractivity contribution in [3.63, 3.8) is 0 Å². The van der Waals surface area contributed by atoms with Gasteiger partial charge in [-0.2, -0.15) is 5.10 Å². The van der Waals surface area contributed by atoms with Crippen molar-refractivity contribution in [2.24, 2.45) is 0 Å². The highest BCUT2D eigenvalue weighted by Crippen LogP contribution is 2.21. The fourth-order valence-corrected chi connectivity index (χ4v) is 1.46. The predicted molar refractivity (Wildman–Crippen MR) is 62.5 cm³/mol. The lowest BCUT2D eigenvalue weighted by Gasteiger charge is -2.03. The van der Waals surface area contributed by atoms with E-state index in [1.807, 2.05) is 44.4 Å². The third-order valence-electron chi connectivity index (χ3n) is 2.15. The van der Waals surface area contributed by atoms with E-state index in [9.17, 15) is 0 Å². The van der Waals surface area contributed by atoms with Crippen molar-refractivity contribution in [3.05, 3.63) is 42.2 Å². The summed E-state index contributed by atoms with van der Waals surface area (Å²) in [7, 11) is 1.88. The zero-order chi connectivity index (χ0) is 11.4. The number of ether oxygens (including phenoxy) is 1. The van der Waals surface area contributed by atoms with Crippen LogP contribution in [-0.2, 0) is 6.67 Å². The summed E-state index contributed by atoms with van der Waals surface area (Å²) in [5, 5.41) is 7.17. The van der Waals surface area contributed by atoms with Crippen molar-refractivity contribution in [1.29, 1.82) is 0 Å². The lowest BCUT2D eigenvalue weighted by atomic mass is 10.2. The van der Waals surface area contributed by atoms with Crippen molar-refractivity contribution >= 4 is 0 Å². The molecule has 0 fully saturated rings. The molecule has 0 saturated heterocycles. The number of benzene rings is 1. The molecule has 0 unspecified atom stereocenters. The van der Waals surface area contributed by atoms with Gasteiger partial charge in [0, 0.05) is 0 Å². The van der Waals surface area contributed by atoms with Crippen LogP contribution in [0.25, 0.3) is 0 Å². The molecule has 1 N–H and O–H groups in total. The first kappa shape index (κ1) is 10.7. The highest BCUT2D eigenvalue weighted by atomic mass is 16.5. The largest absolute Gasteiger partial charge is 0.454 e. The minimum atomic E-state index is 0.678. The summed E-state index contributed by atoms with van der Waals surface area (Å²) in [4.78, 5) is 0. The van der Waals surface area contributed by atoms with Crippen LogP contribution in [0.3, 0.4) is 0 Å². The molecule has 0 atom stereocenters. The van der Waals surface area contributed by atoms with E-state index >= 15 is 0 Å². The van der Waals surface area contributed by atoms with Crippen molar-refractivity contribution in [2.45, 2.75) is 13.6 Å². The molecule has 0 spiro atoms.